The predicted molar refractivity (Wildman–Crippen MR) is 121 cm³/mol. The number of carbonyl (C=O) groups excluding carboxylic acids is 2. The van der Waals surface area contributed by atoms with Crippen LogP contribution in [-0.4, -0.2) is 24.8 Å². The molecule has 0 unspecified atom stereocenters. The molecule has 0 N–H and O–H groups in total. The van der Waals surface area contributed by atoms with E-state index in [1.165, 1.54) is 13.0 Å². The van der Waals surface area contributed by atoms with Crippen molar-refractivity contribution in [2.75, 3.05) is 18.1 Å². The summed E-state index contributed by atoms with van der Waals surface area (Å²) < 4.78 is 11.5. The van der Waals surface area contributed by atoms with Gasteiger partial charge in [-0.05, 0) is 54.5 Å². The van der Waals surface area contributed by atoms with Gasteiger partial charge in [-0.25, -0.2) is 0 Å². The monoisotopic (exact) mass is 413 g/mol. The third-order valence-corrected chi connectivity index (χ3v) is 5.02. The van der Waals surface area contributed by atoms with E-state index < -0.39 is 0 Å². The molecule has 0 radical (unpaired) electrons. The van der Waals surface area contributed by atoms with Crippen molar-refractivity contribution < 1.29 is 19.1 Å². The smallest absolute Gasteiger partial charge is 0.251 e. The van der Waals surface area contributed by atoms with Gasteiger partial charge in [0.1, 0.15) is 24.7 Å². The molecular formula is C26H23NO4. The van der Waals surface area contributed by atoms with E-state index in [1.807, 2.05) is 54.6 Å². The van der Waals surface area contributed by atoms with Gasteiger partial charge < -0.3 is 14.4 Å². The first kappa shape index (κ1) is 20.4. The molecule has 0 aromatic heterocycles. The van der Waals surface area contributed by atoms with Crippen LogP contribution in [-0.2, 0) is 11.4 Å². The first-order valence-corrected chi connectivity index (χ1v) is 10.1. The molecule has 1 amide bonds. The highest BCUT2D eigenvalue weighted by molar-refractivity contribution is 6.06. The van der Waals surface area contributed by atoms with Crippen LogP contribution >= 0.6 is 0 Å². The Labute approximate surface area is 181 Å². The van der Waals surface area contributed by atoms with E-state index in [9.17, 15) is 9.59 Å². The van der Waals surface area contributed by atoms with Crippen LogP contribution in [0, 0.1) is 0 Å². The minimum Gasteiger partial charge on any atom is -0.490 e. The van der Waals surface area contributed by atoms with E-state index in [0.29, 0.717) is 36.8 Å². The average molecular weight is 413 g/mol. The molecule has 0 saturated carbocycles. The number of amides is 1. The fourth-order valence-corrected chi connectivity index (χ4v) is 3.37. The molecule has 0 fully saturated rings. The molecule has 1 aliphatic heterocycles. The van der Waals surface area contributed by atoms with Crippen molar-refractivity contribution in [2.24, 2.45) is 0 Å². The summed E-state index contributed by atoms with van der Waals surface area (Å²) >= 11 is 0. The summed E-state index contributed by atoms with van der Waals surface area (Å²) in [5, 5.41) is 0. The van der Waals surface area contributed by atoms with E-state index in [0.717, 1.165) is 16.9 Å². The Morgan fingerprint density at radius 1 is 1.03 bits per heavy atom. The number of fused-ring (bicyclic) bond motifs is 1. The molecule has 31 heavy (non-hydrogen) atoms. The third kappa shape index (κ3) is 5.01. The number of anilines is 1. The van der Waals surface area contributed by atoms with Crippen LogP contribution in [0.1, 0.15) is 28.4 Å². The van der Waals surface area contributed by atoms with Crippen molar-refractivity contribution in [2.45, 2.75) is 13.5 Å². The second kappa shape index (κ2) is 9.30. The second-order valence-corrected chi connectivity index (χ2v) is 7.26. The van der Waals surface area contributed by atoms with Crippen LogP contribution in [0.25, 0.3) is 6.08 Å². The molecular weight excluding hydrogens is 390 g/mol. The largest absolute Gasteiger partial charge is 0.490 e. The van der Waals surface area contributed by atoms with Crippen molar-refractivity contribution in [3.63, 3.8) is 0 Å². The van der Waals surface area contributed by atoms with Gasteiger partial charge in [-0.3, -0.25) is 9.59 Å². The summed E-state index contributed by atoms with van der Waals surface area (Å²) in [6, 6.07) is 22.7. The number of hydrogen-bond acceptors (Lipinski definition) is 4. The Morgan fingerprint density at radius 2 is 1.87 bits per heavy atom. The van der Waals surface area contributed by atoms with Crippen molar-refractivity contribution in [3.8, 4) is 11.5 Å². The summed E-state index contributed by atoms with van der Waals surface area (Å²) in [5.74, 6) is 1.13. The number of benzene rings is 3. The number of rotatable bonds is 6. The number of carbonyl (C=O) groups is 2. The Bertz CT molecular complexity index is 1120. The molecule has 1 heterocycles. The Kier molecular flexibility index (Phi) is 6.13. The number of ketones is 1. The highest BCUT2D eigenvalue weighted by Crippen LogP contribution is 2.33. The fraction of sp³-hybridized carbons (Fsp3) is 0.154. The zero-order valence-electron chi connectivity index (χ0n) is 17.3. The van der Waals surface area contributed by atoms with Gasteiger partial charge in [0.05, 0.1) is 12.2 Å². The maximum absolute atomic E-state index is 12.9. The summed E-state index contributed by atoms with van der Waals surface area (Å²) in [5.41, 5.74) is 3.13. The number of nitrogens with zero attached hydrogens (tertiary/aromatic N) is 1. The lowest BCUT2D eigenvalue weighted by atomic mass is 10.1. The zero-order valence-corrected chi connectivity index (χ0v) is 17.3. The minimum atomic E-state index is -0.166. The van der Waals surface area contributed by atoms with Gasteiger partial charge in [-0.2, -0.15) is 0 Å². The van der Waals surface area contributed by atoms with Crippen LogP contribution in [0.5, 0.6) is 11.5 Å². The standard InChI is InChI=1S/C26H23NO4/c1-19(28)22-11-12-25-24(17-22)27(14-15-30-25)26(29)13-10-20-8-5-9-23(16-20)31-18-21-6-3-2-4-7-21/h2-13,16-17H,14-15,18H2,1H3/b13-10+. The topological polar surface area (TPSA) is 55.8 Å². The molecule has 0 atom stereocenters. The van der Waals surface area contributed by atoms with Gasteiger partial charge in [0.25, 0.3) is 5.91 Å². The third-order valence-electron chi connectivity index (χ3n) is 5.02. The van der Waals surface area contributed by atoms with E-state index in [1.54, 1.807) is 29.2 Å². The normalized spacial score (nSPS) is 12.9. The van der Waals surface area contributed by atoms with E-state index in [-0.39, 0.29) is 11.7 Å². The number of Topliss-reactive ketones (excluding diaryl/α,β-unsaturated/α-hetero) is 1. The highest BCUT2D eigenvalue weighted by atomic mass is 16.5. The number of ether oxygens (including phenoxy) is 2. The molecule has 0 aliphatic carbocycles. The quantitative estimate of drug-likeness (QED) is 0.426. The predicted octanol–water partition coefficient (Wildman–Crippen LogP) is 4.91. The molecule has 0 saturated heterocycles. The molecule has 0 bridgehead atoms. The fourth-order valence-electron chi connectivity index (χ4n) is 3.37. The van der Waals surface area contributed by atoms with Gasteiger partial charge in [0, 0.05) is 11.6 Å². The summed E-state index contributed by atoms with van der Waals surface area (Å²) in [4.78, 5) is 26.2. The van der Waals surface area contributed by atoms with E-state index in [2.05, 4.69) is 0 Å². The van der Waals surface area contributed by atoms with Crippen molar-refractivity contribution in [3.05, 3.63) is 95.6 Å². The summed E-state index contributed by atoms with van der Waals surface area (Å²) in [7, 11) is 0. The van der Waals surface area contributed by atoms with Gasteiger partial charge in [0.2, 0.25) is 0 Å². The Balaban J connectivity index is 1.46. The lowest BCUT2D eigenvalue weighted by Gasteiger charge is -2.29. The molecule has 4 rings (SSSR count). The van der Waals surface area contributed by atoms with Crippen LogP contribution in [0.3, 0.4) is 0 Å². The summed E-state index contributed by atoms with van der Waals surface area (Å²) in [6.07, 6.45) is 3.30. The molecule has 5 heteroatoms. The van der Waals surface area contributed by atoms with Crippen LogP contribution < -0.4 is 14.4 Å². The van der Waals surface area contributed by atoms with E-state index >= 15 is 0 Å². The Morgan fingerprint density at radius 3 is 2.68 bits per heavy atom. The van der Waals surface area contributed by atoms with Crippen molar-refractivity contribution in [1.82, 2.24) is 0 Å². The van der Waals surface area contributed by atoms with Gasteiger partial charge >= 0.3 is 0 Å². The number of hydrogen-bond donors (Lipinski definition) is 0. The minimum absolute atomic E-state index is 0.0522. The summed E-state index contributed by atoms with van der Waals surface area (Å²) in [6.45, 7) is 2.83. The van der Waals surface area contributed by atoms with Crippen molar-refractivity contribution in [1.29, 1.82) is 0 Å². The SMILES string of the molecule is CC(=O)c1ccc2c(c1)N(C(=O)/C=C/c1cccc(OCc3ccccc3)c1)CCO2. The van der Waals surface area contributed by atoms with Crippen LogP contribution in [0.2, 0.25) is 0 Å². The average Bonchev–Trinajstić information content (AvgIpc) is 2.81. The Hall–Kier alpha value is -3.86. The highest BCUT2D eigenvalue weighted by Gasteiger charge is 2.23. The lowest BCUT2D eigenvalue weighted by Crippen LogP contribution is -2.37. The molecule has 156 valence electrons. The van der Waals surface area contributed by atoms with Gasteiger partial charge in [0.15, 0.2) is 5.78 Å². The molecule has 3 aromatic rings. The van der Waals surface area contributed by atoms with Gasteiger partial charge in [-0.15, -0.1) is 0 Å². The van der Waals surface area contributed by atoms with Crippen LogP contribution in [0.4, 0.5) is 5.69 Å². The van der Waals surface area contributed by atoms with E-state index in [4.69, 9.17) is 9.47 Å². The second-order valence-electron chi connectivity index (χ2n) is 7.26. The molecule has 5 nitrogen and oxygen atoms in total. The molecule has 0 spiro atoms. The first-order chi connectivity index (χ1) is 15.1. The van der Waals surface area contributed by atoms with Crippen LogP contribution in [0.15, 0.2) is 78.9 Å². The maximum atomic E-state index is 12.9. The lowest BCUT2D eigenvalue weighted by molar-refractivity contribution is -0.114. The van der Waals surface area contributed by atoms with Crippen molar-refractivity contribution >= 4 is 23.5 Å². The first-order valence-electron chi connectivity index (χ1n) is 10.1. The molecule has 1 aliphatic rings. The van der Waals surface area contributed by atoms with Gasteiger partial charge in [-0.1, -0.05) is 42.5 Å². The zero-order chi connectivity index (χ0) is 21.6. The maximum Gasteiger partial charge on any atom is 0.251 e. The molecule has 3 aromatic carbocycles.